The Balaban J connectivity index is 1.93. The van der Waals surface area contributed by atoms with Crippen molar-refractivity contribution in [2.75, 3.05) is 0 Å². The van der Waals surface area contributed by atoms with Crippen molar-refractivity contribution < 1.29 is 9.90 Å². The number of hydrogen-bond acceptors (Lipinski definition) is 5. The van der Waals surface area contributed by atoms with Crippen LogP contribution in [0.1, 0.15) is 32.7 Å². The van der Waals surface area contributed by atoms with Crippen molar-refractivity contribution in [3.63, 3.8) is 0 Å². The first-order valence-electron chi connectivity index (χ1n) is 6.37. The van der Waals surface area contributed by atoms with E-state index < -0.39 is 5.97 Å². The molecular weight excluding hydrogens is 274 g/mol. The molecule has 1 atom stereocenters. The molecule has 0 amide bonds. The molecule has 20 heavy (non-hydrogen) atoms. The Hall–Kier alpha value is -1.79. The first kappa shape index (κ1) is 14.6. The van der Waals surface area contributed by atoms with Gasteiger partial charge in [0.2, 0.25) is 0 Å². The minimum absolute atomic E-state index is 0.152. The molecule has 0 fully saturated rings. The molecule has 2 aromatic heterocycles. The second-order valence-corrected chi connectivity index (χ2v) is 6.06. The minimum Gasteiger partial charge on any atom is -0.478 e. The van der Waals surface area contributed by atoms with Crippen LogP contribution in [0.3, 0.4) is 0 Å². The summed E-state index contributed by atoms with van der Waals surface area (Å²) in [7, 11) is 0. The molecule has 5 nitrogen and oxygen atoms in total. The van der Waals surface area contributed by atoms with Crippen LogP contribution >= 0.6 is 11.3 Å². The van der Waals surface area contributed by atoms with Gasteiger partial charge in [0.05, 0.1) is 5.69 Å². The number of hydrogen-bond donors (Lipinski definition) is 2. The van der Waals surface area contributed by atoms with Crippen molar-refractivity contribution in [1.29, 1.82) is 0 Å². The van der Waals surface area contributed by atoms with Crippen LogP contribution in [-0.2, 0) is 13.0 Å². The average Bonchev–Trinajstić information content (AvgIpc) is 2.82. The van der Waals surface area contributed by atoms with E-state index in [1.807, 2.05) is 0 Å². The summed E-state index contributed by atoms with van der Waals surface area (Å²) >= 11 is 1.79. The maximum atomic E-state index is 11.1. The maximum absolute atomic E-state index is 11.1. The van der Waals surface area contributed by atoms with Crippen molar-refractivity contribution in [3.8, 4) is 0 Å². The first-order valence-corrected chi connectivity index (χ1v) is 7.18. The van der Waals surface area contributed by atoms with Crippen LogP contribution in [0, 0.1) is 6.92 Å². The van der Waals surface area contributed by atoms with Gasteiger partial charge in [-0.2, -0.15) is 0 Å². The third-order valence-corrected chi connectivity index (χ3v) is 3.97. The van der Waals surface area contributed by atoms with E-state index in [4.69, 9.17) is 5.11 Å². The van der Waals surface area contributed by atoms with Crippen molar-refractivity contribution in [1.82, 2.24) is 15.3 Å². The molecule has 0 aliphatic rings. The summed E-state index contributed by atoms with van der Waals surface area (Å²) in [5.41, 5.74) is 0.667. The van der Waals surface area contributed by atoms with E-state index in [-0.39, 0.29) is 11.6 Å². The normalized spacial score (nSPS) is 12.3. The van der Waals surface area contributed by atoms with Crippen molar-refractivity contribution in [2.45, 2.75) is 32.9 Å². The predicted molar refractivity (Wildman–Crippen MR) is 78.1 cm³/mol. The molecule has 1 unspecified atom stereocenters. The maximum Gasteiger partial charge on any atom is 0.339 e. The number of nitrogens with one attached hydrogen (secondary N) is 1. The van der Waals surface area contributed by atoms with Crippen LogP contribution in [0.25, 0.3) is 0 Å². The molecule has 6 heteroatoms. The van der Waals surface area contributed by atoms with Crippen LogP contribution in [0.2, 0.25) is 0 Å². The highest BCUT2D eigenvalue weighted by molar-refractivity contribution is 7.11. The van der Waals surface area contributed by atoms with Gasteiger partial charge >= 0.3 is 5.97 Å². The summed E-state index contributed by atoms with van der Waals surface area (Å²) in [6, 6.07) is 4.50. The topological polar surface area (TPSA) is 75.1 Å². The third-order valence-electron chi connectivity index (χ3n) is 2.95. The van der Waals surface area contributed by atoms with Gasteiger partial charge in [0.25, 0.3) is 0 Å². The quantitative estimate of drug-likeness (QED) is 0.854. The fourth-order valence-corrected chi connectivity index (χ4v) is 2.93. The van der Waals surface area contributed by atoms with E-state index in [0.29, 0.717) is 12.2 Å². The number of rotatable bonds is 6. The molecule has 0 aliphatic carbocycles. The number of carboxylic acids is 1. The molecule has 0 radical (unpaired) electrons. The number of carboxylic acid groups (broad SMARTS) is 1. The van der Waals surface area contributed by atoms with E-state index in [9.17, 15) is 4.79 Å². The van der Waals surface area contributed by atoms with Gasteiger partial charge < -0.3 is 10.4 Å². The van der Waals surface area contributed by atoms with Crippen molar-refractivity contribution in [3.05, 3.63) is 45.7 Å². The van der Waals surface area contributed by atoms with Crippen molar-refractivity contribution in [2.24, 2.45) is 0 Å². The van der Waals surface area contributed by atoms with Gasteiger partial charge in [-0.1, -0.05) is 0 Å². The molecule has 0 saturated carbocycles. The fourth-order valence-electron chi connectivity index (χ4n) is 1.91. The summed E-state index contributed by atoms with van der Waals surface area (Å²) < 4.78 is 0. The summed E-state index contributed by atoms with van der Waals surface area (Å²) in [5.74, 6) is -0.996. The number of thiophene rings is 1. The Morgan fingerprint density at radius 1 is 1.50 bits per heavy atom. The lowest BCUT2D eigenvalue weighted by molar-refractivity contribution is 0.0694. The zero-order chi connectivity index (χ0) is 14.5. The highest BCUT2D eigenvalue weighted by Crippen LogP contribution is 2.16. The molecule has 2 N–H and O–H groups in total. The van der Waals surface area contributed by atoms with Crippen LogP contribution in [0.15, 0.2) is 24.7 Å². The van der Waals surface area contributed by atoms with E-state index in [1.54, 1.807) is 11.3 Å². The molecule has 0 bridgehead atoms. The van der Waals surface area contributed by atoms with Crippen LogP contribution < -0.4 is 5.32 Å². The summed E-state index contributed by atoms with van der Waals surface area (Å²) in [6.07, 6.45) is 3.63. The predicted octanol–water partition coefficient (Wildman–Crippen LogP) is 2.27. The molecule has 0 aliphatic heterocycles. The standard InChI is InChI=1S/C14H17N3O2S/c1-9(5-11-4-3-10(2)20-11)16-7-13-12(14(18)19)6-15-8-17-13/h3-4,6,8-9,16H,5,7H2,1-2H3,(H,18,19). The highest BCUT2D eigenvalue weighted by atomic mass is 32.1. The summed E-state index contributed by atoms with van der Waals surface area (Å²) in [6.45, 7) is 4.60. The number of carbonyl (C=O) groups is 1. The lowest BCUT2D eigenvalue weighted by atomic mass is 10.2. The average molecular weight is 291 g/mol. The molecule has 2 heterocycles. The number of nitrogens with zero attached hydrogens (tertiary/aromatic N) is 2. The Morgan fingerprint density at radius 3 is 2.95 bits per heavy atom. The van der Waals surface area contributed by atoms with Crippen LogP contribution in [0.5, 0.6) is 0 Å². The van der Waals surface area contributed by atoms with Crippen LogP contribution in [0.4, 0.5) is 0 Å². The van der Waals surface area contributed by atoms with Gasteiger partial charge in [0, 0.05) is 28.5 Å². The zero-order valence-corrected chi connectivity index (χ0v) is 12.3. The Kier molecular flexibility index (Phi) is 4.81. The number of aryl methyl sites for hydroxylation is 1. The summed E-state index contributed by atoms with van der Waals surface area (Å²) in [4.78, 5) is 21.5. The second-order valence-electron chi connectivity index (χ2n) is 4.69. The van der Waals surface area contributed by atoms with E-state index >= 15 is 0 Å². The second kappa shape index (κ2) is 6.58. The molecule has 106 valence electrons. The molecule has 2 rings (SSSR count). The SMILES string of the molecule is Cc1ccc(CC(C)NCc2ncncc2C(=O)O)s1. The lowest BCUT2D eigenvalue weighted by Crippen LogP contribution is -2.28. The largest absolute Gasteiger partial charge is 0.478 e. The van der Waals surface area contributed by atoms with Crippen molar-refractivity contribution >= 4 is 17.3 Å². The van der Waals surface area contributed by atoms with E-state index in [0.717, 1.165) is 6.42 Å². The van der Waals surface area contributed by atoms with Gasteiger partial charge in [-0.25, -0.2) is 14.8 Å². The Bertz CT molecular complexity index is 598. The molecule has 2 aromatic rings. The molecule has 0 spiro atoms. The van der Waals surface area contributed by atoms with Gasteiger partial charge in [-0.3, -0.25) is 0 Å². The molecule has 0 saturated heterocycles. The monoisotopic (exact) mass is 291 g/mol. The van der Waals surface area contributed by atoms with Gasteiger partial charge in [0.15, 0.2) is 0 Å². The Labute approximate surface area is 121 Å². The minimum atomic E-state index is -0.996. The van der Waals surface area contributed by atoms with E-state index in [1.165, 1.54) is 22.3 Å². The van der Waals surface area contributed by atoms with E-state index in [2.05, 4.69) is 41.3 Å². The smallest absolute Gasteiger partial charge is 0.339 e. The summed E-state index contributed by atoms with van der Waals surface area (Å²) in [5, 5.41) is 12.4. The zero-order valence-electron chi connectivity index (χ0n) is 11.5. The number of aromatic carboxylic acids is 1. The molecule has 0 aromatic carbocycles. The number of aromatic nitrogens is 2. The molecular formula is C14H17N3O2S. The van der Waals surface area contributed by atoms with Gasteiger partial charge in [0.1, 0.15) is 11.9 Å². The lowest BCUT2D eigenvalue weighted by Gasteiger charge is -2.13. The van der Waals surface area contributed by atoms with Crippen LogP contribution in [-0.4, -0.2) is 27.1 Å². The fraction of sp³-hybridized carbons (Fsp3) is 0.357. The van der Waals surface area contributed by atoms with Gasteiger partial charge in [-0.15, -0.1) is 11.3 Å². The van der Waals surface area contributed by atoms with Gasteiger partial charge in [-0.05, 0) is 32.4 Å². The third kappa shape index (κ3) is 3.85. The first-order chi connectivity index (χ1) is 9.56. The Morgan fingerprint density at radius 2 is 2.30 bits per heavy atom. The highest BCUT2D eigenvalue weighted by Gasteiger charge is 2.12.